The summed E-state index contributed by atoms with van der Waals surface area (Å²) >= 11 is 5.47. The van der Waals surface area contributed by atoms with E-state index in [0.29, 0.717) is 6.07 Å². The number of ether oxygens (including phenoxy) is 1. The molecule has 0 bridgehead atoms. The third-order valence-electron chi connectivity index (χ3n) is 1.88. The number of esters is 1. The smallest absolute Gasteiger partial charge is 0.419 e. The summed E-state index contributed by atoms with van der Waals surface area (Å²) in [6.07, 6.45) is -4.89. The van der Waals surface area contributed by atoms with Crippen molar-refractivity contribution in [3.05, 3.63) is 34.1 Å². The maximum atomic E-state index is 13.5. The fraction of sp³-hybridized carbons (Fsp3) is 0.300. The van der Waals surface area contributed by atoms with Gasteiger partial charge in [0.25, 0.3) is 0 Å². The van der Waals surface area contributed by atoms with Crippen molar-refractivity contribution < 1.29 is 27.1 Å². The van der Waals surface area contributed by atoms with E-state index in [9.17, 15) is 22.4 Å². The van der Waals surface area contributed by atoms with E-state index in [2.05, 4.69) is 4.74 Å². The van der Waals surface area contributed by atoms with Crippen molar-refractivity contribution >= 4 is 17.6 Å². The van der Waals surface area contributed by atoms with Crippen molar-refractivity contribution in [2.24, 2.45) is 0 Å². The number of hydrogen-bond acceptors (Lipinski definition) is 2. The number of carbonyl (C=O) groups excluding carboxylic acids is 1. The van der Waals surface area contributed by atoms with Gasteiger partial charge in [-0.3, -0.25) is 0 Å². The highest BCUT2D eigenvalue weighted by atomic mass is 35.5. The molecule has 1 rings (SSSR count). The zero-order valence-electron chi connectivity index (χ0n) is 8.57. The molecular formula is C10H7ClF4O2. The van der Waals surface area contributed by atoms with Crippen LogP contribution < -0.4 is 0 Å². The summed E-state index contributed by atoms with van der Waals surface area (Å²) in [6, 6.07) is 1.28. The summed E-state index contributed by atoms with van der Waals surface area (Å²) in [7, 11) is 0. The molecule has 0 amide bonds. The van der Waals surface area contributed by atoms with E-state index in [4.69, 9.17) is 11.6 Å². The highest BCUT2D eigenvalue weighted by Crippen LogP contribution is 2.34. The second kappa shape index (κ2) is 4.91. The SMILES string of the molecule is CCOC(=O)c1c(Cl)ccc(C(F)(F)F)c1F. The molecule has 1 aromatic carbocycles. The molecule has 17 heavy (non-hydrogen) atoms. The van der Waals surface area contributed by atoms with Crippen LogP contribution in [0.5, 0.6) is 0 Å². The van der Waals surface area contributed by atoms with Crippen LogP contribution in [0, 0.1) is 5.82 Å². The summed E-state index contributed by atoms with van der Waals surface area (Å²) in [6.45, 7) is 1.35. The molecule has 94 valence electrons. The summed E-state index contributed by atoms with van der Waals surface area (Å²) in [4.78, 5) is 11.3. The minimum absolute atomic E-state index is 0.0924. The van der Waals surface area contributed by atoms with Crippen LogP contribution in [0.1, 0.15) is 22.8 Å². The average molecular weight is 271 g/mol. The predicted molar refractivity (Wildman–Crippen MR) is 52.4 cm³/mol. The van der Waals surface area contributed by atoms with Crippen LogP contribution in [0.3, 0.4) is 0 Å². The molecule has 0 fully saturated rings. The molecule has 0 aliphatic carbocycles. The van der Waals surface area contributed by atoms with Crippen molar-refractivity contribution in [2.45, 2.75) is 13.1 Å². The van der Waals surface area contributed by atoms with Crippen molar-refractivity contribution in [2.75, 3.05) is 6.61 Å². The highest BCUT2D eigenvalue weighted by molar-refractivity contribution is 6.33. The van der Waals surface area contributed by atoms with E-state index < -0.39 is 34.1 Å². The number of benzene rings is 1. The van der Waals surface area contributed by atoms with Crippen LogP contribution in [0.25, 0.3) is 0 Å². The van der Waals surface area contributed by atoms with Crippen molar-refractivity contribution in [3.63, 3.8) is 0 Å². The van der Waals surface area contributed by atoms with E-state index in [0.717, 1.165) is 6.07 Å². The summed E-state index contributed by atoms with van der Waals surface area (Å²) in [5.41, 5.74) is -2.45. The lowest BCUT2D eigenvalue weighted by molar-refractivity contribution is -0.140. The zero-order chi connectivity index (χ0) is 13.2. The standard InChI is InChI=1S/C10H7ClF4O2/c1-2-17-9(16)7-6(11)4-3-5(8(7)12)10(13,14)15/h3-4H,2H2,1H3. The van der Waals surface area contributed by atoms with Crippen molar-refractivity contribution in [3.8, 4) is 0 Å². The lowest BCUT2D eigenvalue weighted by atomic mass is 10.1. The van der Waals surface area contributed by atoms with Crippen molar-refractivity contribution in [1.29, 1.82) is 0 Å². The van der Waals surface area contributed by atoms with Crippen LogP contribution in [0.4, 0.5) is 17.6 Å². The third-order valence-corrected chi connectivity index (χ3v) is 2.19. The van der Waals surface area contributed by atoms with Gasteiger partial charge in [0.2, 0.25) is 0 Å². The molecule has 1 aromatic rings. The van der Waals surface area contributed by atoms with Gasteiger partial charge >= 0.3 is 12.1 Å². The van der Waals surface area contributed by atoms with Crippen LogP contribution in [0.15, 0.2) is 12.1 Å². The fourth-order valence-electron chi connectivity index (χ4n) is 1.16. The number of halogens is 5. The topological polar surface area (TPSA) is 26.3 Å². The molecule has 0 spiro atoms. The highest BCUT2D eigenvalue weighted by Gasteiger charge is 2.37. The van der Waals surface area contributed by atoms with Gasteiger partial charge in [-0.2, -0.15) is 13.2 Å². The molecule has 0 N–H and O–H groups in total. The van der Waals surface area contributed by atoms with Gasteiger partial charge in [-0.05, 0) is 19.1 Å². The Bertz CT molecular complexity index is 443. The van der Waals surface area contributed by atoms with E-state index in [1.165, 1.54) is 6.92 Å². The minimum atomic E-state index is -4.89. The number of hydrogen-bond donors (Lipinski definition) is 0. The van der Waals surface area contributed by atoms with Crippen LogP contribution >= 0.6 is 11.6 Å². The summed E-state index contributed by atoms with van der Waals surface area (Å²) in [5.74, 6) is -2.94. The Morgan fingerprint density at radius 1 is 1.41 bits per heavy atom. The van der Waals surface area contributed by atoms with E-state index >= 15 is 0 Å². The molecule has 0 saturated carbocycles. The quantitative estimate of drug-likeness (QED) is 0.605. The second-order valence-electron chi connectivity index (χ2n) is 3.00. The molecule has 2 nitrogen and oxygen atoms in total. The summed E-state index contributed by atoms with van der Waals surface area (Å²) < 4.78 is 55.0. The fourth-order valence-corrected chi connectivity index (χ4v) is 1.38. The molecule has 0 aliphatic rings. The van der Waals surface area contributed by atoms with E-state index in [1.807, 2.05) is 0 Å². The van der Waals surface area contributed by atoms with Crippen LogP contribution in [-0.2, 0) is 10.9 Å². The molecule has 0 atom stereocenters. The first-order valence-corrected chi connectivity index (χ1v) is 4.89. The number of rotatable bonds is 2. The maximum Gasteiger partial charge on any atom is 0.419 e. The minimum Gasteiger partial charge on any atom is -0.462 e. The van der Waals surface area contributed by atoms with Gasteiger partial charge in [0.05, 0.1) is 17.2 Å². The average Bonchev–Trinajstić information content (AvgIpc) is 2.15. The largest absolute Gasteiger partial charge is 0.462 e. The second-order valence-corrected chi connectivity index (χ2v) is 3.41. The molecule has 0 saturated heterocycles. The van der Waals surface area contributed by atoms with Crippen LogP contribution in [-0.4, -0.2) is 12.6 Å². The maximum absolute atomic E-state index is 13.5. The lowest BCUT2D eigenvalue weighted by Crippen LogP contribution is -2.14. The Kier molecular flexibility index (Phi) is 3.98. The first kappa shape index (κ1) is 13.8. The Labute approximate surface area is 99.1 Å². The van der Waals surface area contributed by atoms with E-state index in [-0.39, 0.29) is 6.61 Å². The molecule has 0 heterocycles. The van der Waals surface area contributed by atoms with Gasteiger partial charge in [0.15, 0.2) is 5.82 Å². The molecule has 0 aliphatic heterocycles. The first-order chi connectivity index (χ1) is 7.79. The van der Waals surface area contributed by atoms with Crippen molar-refractivity contribution in [1.82, 2.24) is 0 Å². The first-order valence-electron chi connectivity index (χ1n) is 4.51. The molecule has 0 unspecified atom stereocenters. The number of alkyl halides is 3. The molecule has 7 heteroatoms. The van der Waals surface area contributed by atoms with Gasteiger partial charge in [-0.1, -0.05) is 11.6 Å². The Hall–Kier alpha value is -1.30. The van der Waals surface area contributed by atoms with Gasteiger partial charge < -0.3 is 4.74 Å². The van der Waals surface area contributed by atoms with Gasteiger partial charge in [-0.15, -0.1) is 0 Å². The molecular weight excluding hydrogens is 264 g/mol. The zero-order valence-corrected chi connectivity index (χ0v) is 9.32. The van der Waals surface area contributed by atoms with Gasteiger partial charge in [0.1, 0.15) is 5.56 Å². The molecule has 0 radical (unpaired) electrons. The Morgan fingerprint density at radius 3 is 2.47 bits per heavy atom. The van der Waals surface area contributed by atoms with E-state index in [1.54, 1.807) is 0 Å². The monoisotopic (exact) mass is 270 g/mol. The summed E-state index contributed by atoms with van der Waals surface area (Å²) in [5, 5.41) is -0.422. The van der Waals surface area contributed by atoms with Crippen LogP contribution in [0.2, 0.25) is 5.02 Å². The Balaban J connectivity index is 3.35. The lowest BCUT2D eigenvalue weighted by Gasteiger charge is -2.11. The predicted octanol–water partition coefficient (Wildman–Crippen LogP) is 3.67. The van der Waals surface area contributed by atoms with Gasteiger partial charge in [-0.25, -0.2) is 9.18 Å². The van der Waals surface area contributed by atoms with Gasteiger partial charge in [0, 0.05) is 0 Å². The molecule has 0 aromatic heterocycles. The number of carbonyl (C=O) groups is 1. The third kappa shape index (κ3) is 2.88. The Morgan fingerprint density at radius 2 is 2.00 bits per heavy atom. The normalized spacial score (nSPS) is 11.4.